The molecule has 0 unspecified atom stereocenters. The van der Waals surface area contributed by atoms with Crippen LogP contribution in [0.5, 0.6) is 5.75 Å². The van der Waals surface area contributed by atoms with Crippen LogP contribution in [0, 0.1) is 5.92 Å². The van der Waals surface area contributed by atoms with Crippen LogP contribution in [0.15, 0.2) is 65.8 Å². The van der Waals surface area contributed by atoms with Crippen LogP contribution >= 0.6 is 23.2 Å². The summed E-state index contributed by atoms with van der Waals surface area (Å²) in [6.45, 7) is 19.6. The maximum atomic E-state index is 15.3. The first kappa shape index (κ1) is 38.6. The molecule has 3 heterocycles. The molecule has 8 nitrogen and oxygen atoms in total. The fraction of sp³-hybridized carbons (Fsp3) is 0.512. The lowest BCUT2D eigenvalue weighted by atomic mass is 9.71. The number of amidine groups is 1. The van der Waals surface area contributed by atoms with E-state index < -0.39 is 11.1 Å². The Morgan fingerprint density at radius 2 is 1.53 bits per heavy atom. The van der Waals surface area contributed by atoms with Gasteiger partial charge >= 0.3 is 6.03 Å². The third kappa shape index (κ3) is 7.64. The zero-order valence-electron chi connectivity index (χ0n) is 31.4. The van der Waals surface area contributed by atoms with Crippen molar-refractivity contribution in [3.63, 3.8) is 0 Å². The van der Waals surface area contributed by atoms with Gasteiger partial charge in [-0.2, -0.15) is 0 Å². The number of hydrogen-bond donors (Lipinski definition) is 0. The summed E-state index contributed by atoms with van der Waals surface area (Å²) < 4.78 is 6.29. The topological polar surface area (TPSA) is 78.3 Å². The molecule has 1 fully saturated rings. The van der Waals surface area contributed by atoms with Crippen LogP contribution in [-0.2, 0) is 21.3 Å². The number of likely N-dealkylation sites (tertiary alicyclic amines) is 1. The Hall–Kier alpha value is -3.62. The van der Waals surface area contributed by atoms with Gasteiger partial charge in [0.2, 0.25) is 5.91 Å². The molecule has 0 saturated carbocycles. The Balaban J connectivity index is 1.63. The molecule has 51 heavy (non-hydrogen) atoms. The van der Waals surface area contributed by atoms with Crippen molar-refractivity contribution in [1.82, 2.24) is 19.7 Å². The predicted octanol–water partition coefficient (Wildman–Crippen LogP) is 9.46. The molecular formula is C41H53Cl2N5O3. The first-order chi connectivity index (χ1) is 24.2. The van der Waals surface area contributed by atoms with Gasteiger partial charge in [-0.05, 0) is 88.3 Å². The molecule has 3 aromatic rings. The molecule has 5 rings (SSSR count). The van der Waals surface area contributed by atoms with Crippen molar-refractivity contribution in [3.8, 4) is 5.75 Å². The van der Waals surface area contributed by atoms with E-state index in [1.807, 2.05) is 83.1 Å². The van der Waals surface area contributed by atoms with Crippen molar-refractivity contribution in [3.05, 3.63) is 93.2 Å². The molecule has 2 aromatic carbocycles. The molecule has 274 valence electrons. The zero-order chi connectivity index (χ0) is 37.1. The molecule has 10 heteroatoms. The molecule has 0 N–H and O–H groups in total. The Labute approximate surface area is 314 Å². The minimum atomic E-state index is -1.02. The fourth-order valence-electron chi connectivity index (χ4n) is 7.43. The molecule has 0 aliphatic carbocycles. The predicted molar refractivity (Wildman–Crippen MR) is 207 cm³/mol. The molecule has 1 saturated heterocycles. The average molecular weight is 735 g/mol. The summed E-state index contributed by atoms with van der Waals surface area (Å²) in [5, 5.41) is 1.22. The summed E-state index contributed by atoms with van der Waals surface area (Å²) in [6, 6.07) is 17.2. The first-order valence-corrected chi connectivity index (χ1v) is 19.1. The van der Waals surface area contributed by atoms with Gasteiger partial charge in [-0.15, -0.1) is 0 Å². The standard InChI is InChI=1S/C41H53Cl2N5O3/c1-9-22-46(10-2)36(49)25-28-20-23-47(24-21-28)38(50)48-37(33-27-44-35(39(4,5)6)26-34(33)51-11-3)45-40(7,29-12-16-31(42)17-13-29)41(48,8)30-14-18-32(43)19-15-30/h12-19,26-28H,9-11,20-25H2,1-8H3/t40-,41+/m0/s1. The summed E-state index contributed by atoms with van der Waals surface area (Å²) in [7, 11) is 0. The number of amides is 3. The maximum absolute atomic E-state index is 15.3. The lowest BCUT2D eigenvalue weighted by Gasteiger charge is -2.47. The van der Waals surface area contributed by atoms with Crippen molar-refractivity contribution >= 4 is 41.0 Å². The molecule has 0 radical (unpaired) electrons. The van der Waals surface area contributed by atoms with Crippen LogP contribution in [0.3, 0.4) is 0 Å². The van der Waals surface area contributed by atoms with Crippen LogP contribution < -0.4 is 4.74 Å². The number of urea groups is 1. The van der Waals surface area contributed by atoms with E-state index in [-0.39, 0.29) is 23.3 Å². The van der Waals surface area contributed by atoms with Crippen LogP contribution in [0.2, 0.25) is 10.0 Å². The highest BCUT2D eigenvalue weighted by atomic mass is 35.5. The summed E-state index contributed by atoms with van der Waals surface area (Å²) in [4.78, 5) is 44.5. The van der Waals surface area contributed by atoms with Crippen LogP contribution in [-0.4, -0.2) is 70.2 Å². The Kier molecular flexibility index (Phi) is 11.8. The lowest BCUT2D eigenvalue weighted by Crippen LogP contribution is -2.59. The van der Waals surface area contributed by atoms with E-state index in [9.17, 15) is 4.79 Å². The Morgan fingerprint density at radius 3 is 2.06 bits per heavy atom. The minimum absolute atomic E-state index is 0.155. The molecule has 2 aliphatic heterocycles. The second kappa shape index (κ2) is 15.5. The zero-order valence-corrected chi connectivity index (χ0v) is 32.9. The molecule has 2 aliphatic rings. The van der Waals surface area contributed by atoms with Gasteiger partial charge in [-0.25, -0.2) is 4.79 Å². The Morgan fingerprint density at radius 1 is 0.941 bits per heavy atom. The number of aromatic nitrogens is 1. The number of benzene rings is 2. The number of rotatable bonds is 10. The van der Waals surface area contributed by atoms with Gasteiger partial charge in [0.25, 0.3) is 0 Å². The molecular weight excluding hydrogens is 681 g/mol. The van der Waals surface area contributed by atoms with Gasteiger partial charge in [0.05, 0.1) is 12.2 Å². The monoisotopic (exact) mass is 733 g/mol. The number of piperidine rings is 1. The highest BCUT2D eigenvalue weighted by Gasteiger charge is 2.60. The molecule has 3 amide bonds. The number of ether oxygens (including phenoxy) is 1. The molecule has 1 aromatic heterocycles. The second-order valence-electron chi connectivity index (χ2n) is 15.1. The van der Waals surface area contributed by atoms with Gasteiger partial charge in [0.1, 0.15) is 22.7 Å². The first-order valence-electron chi connectivity index (χ1n) is 18.3. The summed E-state index contributed by atoms with van der Waals surface area (Å²) in [5.41, 5.74) is 1.11. The number of nitrogens with zero attached hydrogens (tertiary/aromatic N) is 5. The highest BCUT2D eigenvalue weighted by molar-refractivity contribution is 6.30. The third-order valence-electron chi connectivity index (χ3n) is 10.7. The van der Waals surface area contributed by atoms with E-state index in [4.69, 9.17) is 37.9 Å². The van der Waals surface area contributed by atoms with Crippen molar-refractivity contribution in [2.45, 2.75) is 97.6 Å². The molecule has 2 atom stereocenters. The van der Waals surface area contributed by atoms with Crippen molar-refractivity contribution in [1.29, 1.82) is 0 Å². The van der Waals surface area contributed by atoms with Crippen LogP contribution in [0.1, 0.15) is 103 Å². The second-order valence-corrected chi connectivity index (χ2v) is 15.9. The summed E-state index contributed by atoms with van der Waals surface area (Å²) >= 11 is 12.8. The highest BCUT2D eigenvalue weighted by Crippen LogP contribution is 2.54. The van der Waals surface area contributed by atoms with E-state index in [0.717, 1.165) is 42.6 Å². The number of carbonyl (C=O) groups excluding carboxylic acids is 2. The van der Waals surface area contributed by atoms with Crippen LogP contribution in [0.25, 0.3) is 0 Å². The number of carbonyl (C=O) groups is 2. The number of pyridine rings is 1. The average Bonchev–Trinajstić information content (AvgIpc) is 3.35. The maximum Gasteiger partial charge on any atom is 0.326 e. The molecule has 0 bridgehead atoms. The van der Waals surface area contributed by atoms with Gasteiger partial charge in [0.15, 0.2) is 0 Å². The van der Waals surface area contributed by atoms with Gasteiger partial charge < -0.3 is 14.5 Å². The minimum Gasteiger partial charge on any atom is -0.493 e. The third-order valence-corrected chi connectivity index (χ3v) is 11.2. The lowest BCUT2D eigenvalue weighted by molar-refractivity contribution is -0.132. The van der Waals surface area contributed by atoms with Crippen LogP contribution in [0.4, 0.5) is 4.79 Å². The summed E-state index contributed by atoms with van der Waals surface area (Å²) in [6.07, 6.45) is 4.74. The Bertz CT molecular complexity index is 1730. The molecule has 0 spiro atoms. The normalized spacial score (nSPS) is 21.1. The van der Waals surface area contributed by atoms with E-state index in [0.29, 0.717) is 59.9 Å². The number of hydrogen-bond acceptors (Lipinski definition) is 5. The van der Waals surface area contributed by atoms with Gasteiger partial charge in [-0.1, -0.05) is 75.2 Å². The van der Waals surface area contributed by atoms with Crippen molar-refractivity contribution in [2.24, 2.45) is 10.9 Å². The van der Waals surface area contributed by atoms with Crippen molar-refractivity contribution < 1.29 is 14.3 Å². The largest absolute Gasteiger partial charge is 0.493 e. The van der Waals surface area contributed by atoms with Crippen molar-refractivity contribution in [2.75, 3.05) is 32.8 Å². The number of aliphatic imine (C=N–C) groups is 1. The number of halogens is 2. The smallest absolute Gasteiger partial charge is 0.326 e. The van der Waals surface area contributed by atoms with E-state index in [1.54, 1.807) is 6.20 Å². The van der Waals surface area contributed by atoms with E-state index in [1.165, 1.54) is 0 Å². The van der Waals surface area contributed by atoms with Gasteiger partial charge in [-0.3, -0.25) is 19.7 Å². The quantitative estimate of drug-likeness (QED) is 0.208. The SMILES string of the molecule is CCCN(CC)C(=O)CC1CCN(C(=O)N2C(c3cnc(C(C)(C)C)cc3OCC)=N[C@@](C)(c3ccc(Cl)cc3)[C@@]2(C)c2ccc(Cl)cc2)CC1. The van der Waals surface area contributed by atoms with E-state index in [2.05, 4.69) is 41.5 Å². The fourth-order valence-corrected chi connectivity index (χ4v) is 7.68. The van der Waals surface area contributed by atoms with E-state index >= 15 is 4.79 Å². The summed E-state index contributed by atoms with van der Waals surface area (Å²) in [5.74, 6) is 1.53. The van der Waals surface area contributed by atoms with Gasteiger partial charge in [0, 0.05) is 66.0 Å².